The molecule has 0 amide bonds. The summed E-state index contributed by atoms with van der Waals surface area (Å²) in [5, 5.41) is 3.32. The summed E-state index contributed by atoms with van der Waals surface area (Å²) in [6.45, 7) is 6.68. The number of nitrogens with zero attached hydrogens (tertiary/aromatic N) is 1. The molecular weight excluding hydrogens is 216 g/mol. The largest absolute Gasteiger partial charge is 0.324 e. The molecule has 2 nitrogen and oxygen atoms in total. The number of hydrogen-bond acceptors (Lipinski definition) is 3. The van der Waals surface area contributed by atoms with Crippen LogP contribution >= 0.6 is 11.3 Å². The fourth-order valence-corrected chi connectivity index (χ4v) is 3.57. The molecule has 1 atom stereocenters. The van der Waals surface area contributed by atoms with Crippen LogP contribution in [0.2, 0.25) is 0 Å². The van der Waals surface area contributed by atoms with Crippen LogP contribution in [0.5, 0.6) is 0 Å². The fourth-order valence-electron chi connectivity index (χ4n) is 2.68. The first-order valence-corrected chi connectivity index (χ1v) is 7.01. The van der Waals surface area contributed by atoms with Gasteiger partial charge in [0.15, 0.2) is 0 Å². The average Bonchev–Trinajstić information content (AvgIpc) is 2.57. The Bertz CT molecular complexity index is 370. The molecule has 16 heavy (non-hydrogen) atoms. The predicted octanol–water partition coefficient (Wildman–Crippen LogP) is 3.29. The van der Waals surface area contributed by atoms with Gasteiger partial charge in [0.2, 0.25) is 0 Å². The summed E-state index contributed by atoms with van der Waals surface area (Å²) in [5.74, 6) is 0. The molecule has 2 rings (SSSR count). The second kappa shape index (κ2) is 4.11. The van der Waals surface area contributed by atoms with E-state index in [2.05, 4.69) is 31.1 Å². The number of rotatable bonds is 2. The quantitative estimate of drug-likeness (QED) is 0.858. The molecular formula is C13H22N2S. The summed E-state index contributed by atoms with van der Waals surface area (Å²) in [7, 11) is 0. The maximum absolute atomic E-state index is 6.64. The van der Waals surface area contributed by atoms with Crippen LogP contribution in [0, 0.1) is 12.3 Å². The van der Waals surface area contributed by atoms with E-state index < -0.39 is 0 Å². The van der Waals surface area contributed by atoms with E-state index >= 15 is 0 Å². The molecule has 1 unspecified atom stereocenters. The Morgan fingerprint density at radius 1 is 1.38 bits per heavy atom. The van der Waals surface area contributed by atoms with Crippen molar-refractivity contribution in [3.8, 4) is 0 Å². The van der Waals surface area contributed by atoms with Gasteiger partial charge in [0.25, 0.3) is 0 Å². The Morgan fingerprint density at radius 2 is 2.06 bits per heavy atom. The van der Waals surface area contributed by atoms with Crippen LogP contribution in [0.3, 0.4) is 0 Å². The van der Waals surface area contributed by atoms with Gasteiger partial charge in [-0.05, 0) is 25.2 Å². The van der Waals surface area contributed by atoms with Crippen LogP contribution in [-0.4, -0.2) is 10.5 Å². The van der Waals surface area contributed by atoms with E-state index in [0.29, 0.717) is 0 Å². The highest BCUT2D eigenvalue weighted by atomic mass is 32.1. The predicted molar refractivity (Wildman–Crippen MR) is 69.7 cm³/mol. The van der Waals surface area contributed by atoms with Gasteiger partial charge in [-0.1, -0.05) is 26.7 Å². The van der Waals surface area contributed by atoms with Gasteiger partial charge >= 0.3 is 0 Å². The van der Waals surface area contributed by atoms with E-state index in [9.17, 15) is 0 Å². The molecule has 1 aliphatic carbocycles. The minimum atomic E-state index is -0.0600. The normalized spacial score (nSPS) is 29.2. The zero-order chi connectivity index (χ0) is 11.8. The molecule has 1 aliphatic rings. The van der Waals surface area contributed by atoms with Gasteiger partial charge in [-0.2, -0.15) is 0 Å². The first-order valence-electron chi connectivity index (χ1n) is 6.13. The molecule has 1 aromatic heterocycles. The summed E-state index contributed by atoms with van der Waals surface area (Å²) >= 11 is 1.75. The minimum Gasteiger partial charge on any atom is -0.324 e. The maximum Gasteiger partial charge on any atom is 0.0946 e. The van der Waals surface area contributed by atoms with Crippen molar-refractivity contribution in [1.82, 2.24) is 4.98 Å². The summed E-state index contributed by atoms with van der Waals surface area (Å²) in [4.78, 5) is 4.55. The highest BCUT2D eigenvalue weighted by molar-refractivity contribution is 7.09. The van der Waals surface area contributed by atoms with Crippen LogP contribution in [0.25, 0.3) is 0 Å². The number of thiazole rings is 1. The molecule has 1 heterocycles. The second-order valence-corrected chi connectivity index (χ2v) is 6.75. The standard InChI is InChI=1S/C13H22N2S/c1-10-9-16-11(15-10)8-13(14)7-5-4-6-12(13,2)3/h9H,4-8,14H2,1-3H3. The Hall–Kier alpha value is -0.410. The lowest BCUT2D eigenvalue weighted by Crippen LogP contribution is -2.56. The van der Waals surface area contributed by atoms with Gasteiger partial charge in [-0.15, -0.1) is 11.3 Å². The smallest absolute Gasteiger partial charge is 0.0946 e. The summed E-state index contributed by atoms with van der Waals surface area (Å²) < 4.78 is 0. The van der Waals surface area contributed by atoms with E-state index in [1.54, 1.807) is 11.3 Å². The number of aromatic nitrogens is 1. The van der Waals surface area contributed by atoms with E-state index in [1.807, 2.05) is 0 Å². The van der Waals surface area contributed by atoms with Crippen LogP contribution in [0.1, 0.15) is 50.2 Å². The molecule has 1 aromatic rings. The van der Waals surface area contributed by atoms with Gasteiger partial charge in [0.1, 0.15) is 0 Å². The van der Waals surface area contributed by atoms with Gasteiger partial charge in [-0.25, -0.2) is 4.98 Å². The third-order valence-corrected chi connectivity index (χ3v) is 5.12. The van der Waals surface area contributed by atoms with Gasteiger partial charge in [0, 0.05) is 23.0 Å². The van der Waals surface area contributed by atoms with Gasteiger partial charge < -0.3 is 5.73 Å². The maximum atomic E-state index is 6.64. The first-order chi connectivity index (χ1) is 7.43. The van der Waals surface area contributed by atoms with Crippen molar-refractivity contribution in [3.05, 3.63) is 16.1 Å². The Balaban J connectivity index is 2.17. The van der Waals surface area contributed by atoms with Gasteiger partial charge in [0.05, 0.1) is 5.01 Å². The molecule has 1 fully saturated rings. The van der Waals surface area contributed by atoms with Crippen molar-refractivity contribution in [1.29, 1.82) is 0 Å². The fraction of sp³-hybridized carbons (Fsp3) is 0.769. The van der Waals surface area contributed by atoms with Crippen molar-refractivity contribution in [2.75, 3.05) is 0 Å². The zero-order valence-electron chi connectivity index (χ0n) is 10.5. The molecule has 90 valence electrons. The molecule has 0 saturated heterocycles. The lowest BCUT2D eigenvalue weighted by Gasteiger charge is -2.47. The molecule has 3 heteroatoms. The average molecular weight is 238 g/mol. The minimum absolute atomic E-state index is 0.0600. The molecule has 1 saturated carbocycles. The highest BCUT2D eigenvalue weighted by Crippen LogP contribution is 2.44. The molecule has 0 aromatic carbocycles. The topological polar surface area (TPSA) is 38.9 Å². The number of nitrogens with two attached hydrogens (primary N) is 1. The highest BCUT2D eigenvalue weighted by Gasteiger charge is 2.43. The van der Waals surface area contributed by atoms with E-state index in [4.69, 9.17) is 5.73 Å². The van der Waals surface area contributed by atoms with E-state index in [1.165, 1.54) is 24.3 Å². The van der Waals surface area contributed by atoms with Crippen molar-refractivity contribution >= 4 is 11.3 Å². The summed E-state index contributed by atoms with van der Waals surface area (Å²) in [6.07, 6.45) is 5.91. The molecule has 0 spiro atoms. The second-order valence-electron chi connectivity index (χ2n) is 5.81. The van der Waals surface area contributed by atoms with Crippen molar-refractivity contribution < 1.29 is 0 Å². The van der Waals surface area contributed by atoms with Crippen molar-refractivity contribution in [2.45, 2.75) is 58.4 Å². The Kier molecular flexibility index (Phi) is 3.10. The molecule has 0 radical (unpaired) electrons. The lowest BCUT2D eigenvalue weighted by molar-refractivity contribution is 0.0989. The van der Waals surface area contributed by atoms with Crippen LogP contribution in [-0.2, 0) is 6.42 Å². The van der Waals surface area contributed by atoms with E-state index in [-0.39, 0.29) is 11.0 Å². The SMILES string of the molecule is Cc1csc(CC2(N)CCCCC2(C)C)n1. The monoisotopic (exact) mass is 238 g/mol. The Labute approximate surface area is 102 Å². The zero-order valence-corrected chi connectivity index (χ0v) is 11.4. The third-order valence-electron chi connectivity index (χ3n) is 4.16. The van der Waals surface area contributed by atoms with Crippen molar-refractivity contribution in [3.63, 3.8) is 0 Å². The third kappa shape index (κ3) is 2.16. The summed E-state index contributed by atoms with van der Waals surface area (Å²) in [6, 6.07) is 0. The van der Waals surface area contributed by atoms with Crippen LogP contribution < -0.4 is 5.73 Å². The molecule has 2 N–H and O–H groups in total. The van der Waals surface area contributed by atoms with Crippen LogP contribution in [0.15, 0.2) is 5.38 Å². The van der Waals surface area contributed by atoms with Gasteiger partial charge in [-0.3, -0.25) is 0 Å². The number of aryl methyl sites for hydroxylation is 1. The molecule has 0 aliphatic heterocycles. The lowest BCUT2D eigenvalue weighted by atomic mass is 9.62. The Morgan fingerprint density at radius 3 is 2.62 bits per heavy atom. The number of hydrogen-bond donors (Lipinski definition) is 1. The van der Waals surface area contributed by atoms with Crippen molar-refractivity contribution in [2.24, 2.45) is 11.1 Å². The van der Waals surface area contributed by atoms with E-state index in [0.717, 1.165) is 18.5 Å². The summed E-state index contributed by atoms with van der Waals surface area (Å²) in [5.41, 5.74) is 7.95. The first kappa shape index (κ1) is 12.1. The molecule has 0 bridgehead atoms. The van der Waals surface area contributed by atoms with Crippen LogP contribution in [0.4, 0.5) is 0 Å².